The summed E-state index contributed by atoms with van der Waals surface area (Å²) in [5.41, 5.74) is 11.9. The number of para-hydroxylation sites is 1. The zero-order valence-electron chi connectivity index (χ0n) is 30.2. The van der Waals surface area contributed by atoms with Gasteiger partial charge in [-0.2, -0.15) is 0 Å². The molecular formula is C51H36N4. The lowest BCUT2D eigenvalue weighted by atomic mass is 9.85. The maximum absolute atomic E-state index is 5.18. The highest BCUT2D eigenvalue weighted by Gasteiger charge is 2.23. The second kappa shape index (κ2) is 12.8. The van der Waals surface area contributed by atoms with Gasteiger partial charge in [0.15, 0.2) is 6.17 Å². The molecule has 9 aromatic rings. The van der Waals surface area contributed by atoms with Crippen molar-refractivity contribution in [1.82, 2.24) is 9.88 Å². The van der Waals surface area contributed by atoms with E-state index < -0.39 is 6.17 Å². The molecule has 1 aliphatic heterocycles. The molecule has 1 N–H and O–H groups in total. The molecule has 55 heavy (non-hydrogen) atoms. The molecule has 0 saturated carbocycles. The Morgan fingerprint density at radius 1 is 0.527 bits per heavy atom. The Morgan fingerprint density at radius 2 is 1.24 bits per heavy atom. The van der Waals surface area contributed by atoms with E-state index in [0.717, 1.165) is 46.9 Å². The summed E-state index contributed by atoms with van der Waals surface area (Å²) >= 11 is 0. The van der Waals surface area contributed by atoms with E-state index in [1.54, 1.807) is 0 Å². The molecule has 11 rings (SSSR count). The molecule has 1 aromatic heterocycles. The molecule has 0 radical (unpaired) electrons. The first-order chi connectivity index (χ1) is 27.3. The largest absolute Gasteiger partial charge is 0.324 e. The highest BCUT2D eigenvalue weighted by atomic mass is 15.2. The lowest BCUT2D eigenvalue weighted by Gasteiger charge is -2.22. The van der Waals surface area contributed by atoms with Gasteiger partial charge in [0.25, 0.3) is 0 Å². The Labute approximate surface area is 319 Å². The molecule has 4 heteroatoms. The Kier molecular flexibility index (Phi) is 7.34. The minimum Gasteiger partial charge on any atom is -0.324 e. The lowest BCUT2D eigenvalue weighted by molar-refractivity contribution is 0.755. The molecular weight excluding hydrogens is 669 g/mol. The van der Waals surface area contributed by atoms with E-state index in [4.69, 9.17) is 9.98 Å². The van der Waals surface area contributed by atoms with E-state index in [0.29, 0.717) is 0 Å². The fourth-order valence-corrected chi connectivity index (χ4v) is 8.71. The van der Waals surface area contributed by atoms with Crippen LogP contribution in [0, 0.1) is 0 Å². The molecule has 0 atom stereocenters. The van der Waals surface area contributed by atoms with Crippen molar-refractivity contribution >= 4 is 61.1 Å². The van der Waals surface area contributed by atoms with E-state index in [1.807, 2.05) is 36.4 Å². The predicted octanol–water partition coefficient (Wildman–Crippen LogP) is 12.2. The maximum Gasteiger partial charge on any atom is 0.169 e. The van der Waals surface area contributed by atoms with Gasteiger partial charge in [-0.05, 0) is 93.0 Å². The molecule has 0 saturated heterocycles. The third-order valence-corrected chi connectivity index (χ3v) is 11.3. The summed E-state index contributed by atoms with van der Waals surface area (Å²) in [4.78, 5) is 10.4. The molecule has 260 valence electrons. The quantitative estimate of drug-likeness (QED) is 0.190. The van der Waals surface area contributed by atoms with E-state index in [2.05, 4.69) is 155 Å². The van der Waals surface area contributed by atoms with E-state index in [1.165, 1.54) is 65.6 Å². The molecule has 0 unspecified atom stereocenters. The first kappa shape index (κ1) is 31.5. The van der Waals surface area contributed by atoms with Gasteiger partial charge in [-0.3, -0.25) is 0 Å². The van der Waals surface area contributed by atoms with Crippen LogP contribution in [-0.2, 0) is 6.42 Å². The third-order valence-electron chi connectivity index (χ3n) is 11.3. The van der Waals surface area contributed by atoms with Crippen LogP contribution in [-0.4, -0.2) is 16.2 Å². The fraction of sp³-hybridized carbons (Fsp3) is 0.0588. The first-order valence-electron chi connectivity index (χ1n) is 19.1. The van der Waals surface area contributed by atoms with Crippen molar-refractivity contribution in [3.8, 4) is 16.8 Å². The Morgan fingerprint density at radius 3 is 2.04 bits per heavy atom. The summed E-state index contributed by atoms with van der Waals surface area (Å²) in [5.74, 6) is 1.63. The summed E-state index contributed by atoms with van der Waals surface area (Å²) < 4.78 is 2.41. The maximum atomic E-state index is 5.18. The van der Waals surface area contributed by atoms with Crippen molar-refractivity contribution in [2.75, 3.05) is 0 Å². The highest BCUT2D eigenvalue weighted by molar-refractivity contribution is 6.22. The Bertz CT molecular complexity index is 3000. The molecule has 4 nitrogen and oxygen atoms in total. The van der Waals surface area contributed by atoms with E-state index >= 15 is 0 Å². The number of benzene rings is 8. The van der Waals surface area contributed by atoms with Crippen LogP contribution < -0.4 is 5.32 Å². The second-order valence-corrected chi connectivity index (χ2v) is 14.5. The van der Waals surface area contributed by atoms with Crippen LogP contribution in [0.25, 0.3) is 66.2 Å². The zero-order chi connectivity index (χ0) is 36.3. The Balaban J connectivity index is 1.09. The molecule has 1 aliphatic carbocycles. The lowest BCUT2D eigenvalue weighted by Crippen LogP contribution is -2.36. The third kappa shape index (κ3) is 5.29. The standard InChI is InChI=1S/C51H36N4/c1-3-14-34(15-4-1)49-52-50(35-16-5-2-6-17-35)54-51(53-49)38-19-13-20-39(30-38)55-46-25-12-11-24-43(46)48-45-32-37(27-26-33(45)28-29-47(48)55)44-31-36-18-7-8-21-40(36)41-22-9-10-23-42(41)44/h1-9,11-22,24-32,51H,10,23H2,(H,52,53,54). The van der Waals surface area contributed by atoms with Gasteiger partial charge in [0, 0.05) is 33.2 Å². The number of nitrogens with zero attached hydrogens (tertiary/aromatic N) is 3. The number of hydrogen-bond acceptors (Lipinski definition) is 3. The van der Waals surface area contributed by atoms with Crippen molar-refractivity contribution in [3.05, 3.63) is 204 Å². The van der Waals surface area contributed by atoms with Crippen LogP contribution in [0.2, 0.25) is 0 Å². The van der Waals surface area contributed by atoms with Crippen molar-refractivity contribution in [3.63, 3.8) is 0 Å². The number of rotatable bonds is 5. The van der Waals surface area contributed by atoms with Crippen LogP contribution in [0.15, 0.2) is 186 Å². The molecule has 2 aliphatic rings. The van der Waals surface area contributed by atoms with Crippen LogP contribution in [0.5, 0.6) is 0 Å². The molecule has 0 bridgehead atoms. The molecule has 2 heterocycles. The number of hydrogen-bond donors (Lipinski definition) is 1. The van der Waals surface area contributed by atoms with Gasteiger partial charge in [-0.1, -0.05) is 146 Å². The number of aliphatic imine (C=N–C) groups is 2. The van der Waals surface area contributed by atoms with Gasteiger partial charge in [-0.15, -0.1) is 0 Å². The molecule has 8 aromatic carbocycles. The summed E-state index contributed by atoms with van der Waals surface area (Å²) in [7, 11) is 0. The van der Waals surface area contributed by atoms with Gasteiger partial charge in [-0.25, -0.2) is 9.98 Å². The van der Waals surface area contributed by atoms with E-state index in [9.17, 15) is 0 Å². The highest BCUT2D eigenvalue weighted by Crippen LogP contribution is 2.41. The topological polar surface area (TPSA) is 41.7 Å². The fourth-order valence-electron chi connectivity index (χ4n) is 8.71. The number of amidine groups is 2. The minimum atomic E-state index is -0.411. The molecule has 0 fully saturated rings. The van der Waals surface area contributed by atoms with Crippen molar-refractivity contribution in [2.24, 2.45) is 9.98 Å². The average molecular weight is 705 g/mol. The van der Waals surface area contributed by atoms with Gasteiger partial charge in [0.2, 0.25) is 0 Å². The summed E-state index contributed by atoms with van der Waals surface area (Å²) in [6.07, 6.45) is 6.36. The summed E-state index contributed by atoms with van der Waals surface area (Å²) in [6.45, 7) is 0. The van der Waals surface area contributed by atoms with Crippen molar-refractivity contribution in [1.29, 1.82) is 0 Å². The van der Waals surface area contributed by atoms with Crippen molar-refractivity contribution in [2.45, 2.75) is 19.0 Å². The number of fused-ring (bicyclic) bond motifs is 8. The van der Waals surface area contributed by atoms with Crippen LogP contribution in [0.1, 0.15) is 40.4 Å². The Hall–Kier alpha value is -7.04. The summed E-state index contributed by atoms with van der Waals surface area (Å²) in [6, 6.07) is 61.0. The normalized spacial score (nSPS) is 14.3. The van der Waals surface area contributed by atoms with Crippen LogP contribution >= 0.6 is 0 Å². The number of nitrogens with one attached hydrogen (secondary N) is 1. The predicted molar refractivity (Wildman–Crippen MR) is 230 cm³/mol. The van der Waals surface area contributed by atoms with Crippen LogP contribution in [0.4, 0.5) is 0 Å². The van der Waals surface area contributed by atoms with Gasteiger partial charge < -0.3 is 9.88 Å². The minimum absolute atomic E-state index is 0.411. The SMILES string of the molecule is C1=Cc2c(c(-c3ccc4ccc5c(c4c3)c3ccccc3n5-c3cccc(C4N=C(c5ccccc5)NC(c5ccccc5)=N4)c3)cc3ccccc23)CC1. The van der Waals surface area contributed by atoms with E-state index in [-0.39, 0.29) is 0 Å². The molecule has 0 amide bonds. The van der Waals surface area contributed by atoms with Gasteiger partial charge in [0.05, 0.1) is 11.0 Å². The number of allylic oxidation sites excluding steroid dienone is 1. The molecule has 0 spiro atoms. The van der Waals surface area contributed by atoms with Crippen molar-refractivity contribution < 1.29 is 0 Å². The van der Waals surface area contributed by atoms with Gasteiger partial charge in [0.1, 0.15) is 11.7 Å². The van der Waals surface area contributed by atoms with Gasteiger partial charge >= 0.3 is 0 Å². The smallest absolute Gasteiger partial charge is 0.169 e. The second-order valence-electron chi connectivity index (χ2n) is 14.5. The summed E-state index contributed by atoms with van der Waals surface area (Å²) in [5, 5.41) is 11.2. The average Bonchev–Trinajstić information content (AvgIpc) is 3.61. The number of aromatic nitrogens is 1. The zero-order valence-corrected chi connectivity index (χ0v) is 30.2. The van der Waals surface area contributed by atoms with Crippen LogP contribution in [0.3, 0.4) is 0 Å². The monoisotopic (exact) mass is 704 g/mol. The first-order valence-corrected chi connectivity index (χ1v) is 19.1.